The first-order valence-electron chi connectivity index (χ1n) is 7.81. The number of nitrogens with zero attached hydrogens (tertiary/aromatic N) is 2. The van der Waals surface area contributed by atoms with Gasteiger partial charge in [-0.3, -0.25) is 15.0 Å². The van der Waals surface area contributed by atoms with Crippen molar-refractivity contribution in [1.29, 1.82) is 0 Å². The Balaban J connectivity index is 2.39. The summed E-state index contributed by atoms with van der Waals surface area (Å²) in [5, 5.41) is 14.6. The minimum Gasteiger partial charge on any atom is -0.319 e. The SMILES string of the molecule is CCCN1CCCC(CNC)C1c1ccccc1[N+](=O)[O-]. The van der Waals surface area contributed by atoms with Crippen molar-refractivity contribution in [3.05, 3.63) is 39.9 Å². The first kappa shape index (κ1) is 15.9. The number of para-hydroxylation sites is 1. The van der Waals surface area contributed by atoms with Gasteiger partial charge in [0.2, 0.25) is 0 Å². The van der Waals surface area contributed by atoms with Gasteiger partial charge in [-0.2, -0.15) is 0 Å². The molecule has 1 fully saturated rings. The minimum absolute atomic E-state index is 0.146. The molecule has 1 N–H and O–H groups in total. The molecule has 0 radical (unpaired) electrons. The molecule has 0 aromatic heterocycles. The van der Waals surface area contributed by atoms with Gasteiger partial charge in [-0.25, -0.2) is 0 Å². The zero-order chi connectivity index (χ0) is 15.2. The molecule has 1 heterocycles. The summed E-state index contributed by atoms with van der Waals surface area (Å²) in [7, 11) is 1.95. The second-order valence-electron chi connectivity index (χ2n) is 5.76. The number of likely N-dealkylation sites (tertiary alicyclic amines) is 1. The molecule has 2 rings (SSSR count). The number of benzene rings is 1. The third-order valence-electron chi connectivity index (χ3n) is 4.29. The molecule has 0 bridgehead atoms. The average molecular weight is 291 g/mol. The summed E-state index contributed by atoms with van der Waals surface area (Å²) in [5.74, 6) is 0.427. The van der Waals surface area contributed by atoms with E-state index in [9.17, 15) is 10.1 Å². The van der Waals surface area contributed by atoms with Crippen LogP contribution in [0.25, 0.3) is 0 Å². The average Bonchev–Trinajstić information content (AvgIpc) is 2.48. The van der Waals surface area contributed by atoms with Gasteiger partial charge in [-0.1, -0.05) is 25.1 Å². The van der Waals surface area contributed by atoms with Crippen LogP contribution in [0.1, 0.15) is 37.8 Å². The lowest BCUT2D eigenvalue weighted by atomic mass is 9.83. The monoisotopic (exact) mass is 291 g/mol. The second kappa shape index (κ2) is 7.52. The lowest BCUT2D eigenvalue weighted by Crippen LogP contribution is -2.42. The van der Waals surface area contributed by atoms with E-state index in [0.717, 1.165) is 38.0 Å². The van der Waals surface area contributed by atoms with Gasteiger partial charge in [0.25, 0.3) is 5.69 Å². The lowest BCUT2D eigenvalue weighted by molar-refractivity contribution is -0.386. The molecule has 2 atom stereocenters. The van der Waals surface area contributed by atoms with Crippen molar-refractivity contribution in [2.75, 3.05) is 26.7 Å². The van der Waals surface area contributed by atoms with Gasteiger partial charge < -0.3 is 5.32 Å². The highest BCUT2D eigenvalue weighted by Gasteiger charge is 2.35. The van der Waals surface area contributed by atoms with Gasteiger partial charge in [0, 0.05) is 17.7 Å². The lowest BCUT2D eigenvalue weighted by Gasteiger charge is -2.41. The van der Waals surface area contributed by atoms with Gasteiger partial charge in [-0.15, -0.1) is 0 Å². The molecule has 0 saturated carbocycles. The molecule has 0 spiro atoms. The fourth-order valence-electron chi connectivity index (χ4n) is 3.52. The first-order valence-corrected chi connectivity index (χ1v) is 7.81. The molecule has 1 aromatic carbocycles. The molecule has 5 nitrogen and oxygen atoms in total. The van der Waals surface area contributed by atoms with E-state index in [2.05, 4.69) is 17.1 Å². The number of piperidine rings is 1. The van der Waals surface area contributed by atoms with Gasteiger partial charge in [0.1, 0.15) is 0 Å². The van der Waals surface area contributed by atoms with Crippen molar-refractivity contribution >= 4 is 5.69 Å². The maximum absolute atomic E-state index is 11.4. The van der Waals surface area contributed by atoms with Crippen LogP contribution in [0.3, 0.4) is 0 Å². The molecule has 0 aliphatic carbocycles. The molecule has 1 aliphatic heterocycles. The van der Waals surface area contributed by atoms with Crippen LogP contribution in [0.5, 0.6) is 0 Å². The fraction of sp³-hybridized carbons (Fsp3) is 0.625. The maximum atomic E-state index is 11.4. The topological polar surface area (TPSA) is 58.4 Å². The molecular weight excluding hydrogens is 266 g/mol. The Morgan fingerprint density at radius 3 is 2.86 bits per heavy atom. The second-order valence-corrected chi connectivity index (χ2v) is 5.76. The first-order chi connectivity index (χ1) is 10.2. The van der Waals surface area contributed by atoms with Crippen LogP contribution in [-0.4, -0.2) is 36.5 Å². The fourth-order valence-corrected chi connectivity index (χ4v) is 3.52. The third kappa shape index (κ3) is 3.60. The van der Waals surface area contributed by atoms with Gasteiger partial charge in [0.15, 0.2) is 0 Å². The van der Waals surface area contributed by atoms with Crippen LogP contribution >= 0.6 is 0 Å². The number of nitro benzene ring substituents is 1. The number of hydrogen-bond donors (Lipinski definition) is 1. The summed E-state index contributed by atoms with van der Waals surface area (Å²) in [6.45, 7) is 5.09. The highest BCUT2D eigenvalue weighted by molar-refractivity contribution is 5.42. The van der Waals surface area contributed by atoms with E-state index in [0.29, 0.717) is 5.92 Å². The van der Waals surface area contributed by atoms with Gasteiger partial charge >= 0.3 is 0 Å². The van der Waals surface area contributed by atoms with Crippen molar-refractivity contribution in [3.63, 3.8) is 0 Å². The van der Waals surface area contributed by atoms with E-state index in [-0.39, 0.29) is 16.7 Å². The number of nitrogens with one attached hydrogen (secondary N) is 1. The zero-order valence-corrected chi connectivity index (χ0v) is 12.9. The van der Waals surface area contributed by atoms with Crippen molar-refractivity contribution < 1.29 is 4.92 Å². The van der Waals surface area contributed by atoms with E-state index in [1.54, 1.807) is 12.1 Å². The number of hydrogen-bond acceptors (Lipinski definition) is 4. The van der Waals surface area contributed by atoms with Crippen LogP contribution in [0.4, 0.5) is 5.69 Å². The standard InChI is InChI=1S/C16H25N3O2/c1-3-10-18-11-6-7-13(12-17-2)16(18)14-8-4-5-9-15(14)19(20)21/h4-5,8-9,13,16-17H,3,6-7,10-12H2,1-2H3. The Morgan fingerprint density at radius 2 is 2.19 bits per heavy atom. The molecule has 0 amide bonds. The third-order valence-corrected chi connectivity index (χ3v) is 4.29. The predicted molar refractivity (Wildman–Crippen MR) is 84.4 cm³/mol. The van der Waals surface area contributed by atoms with Crippen LogP contribution in [0.2, 0.25) is 0 Å². The summed E-state index contributed by atoms with van der Waals surface area (Å²) in [4.78, 5) is 13.5. The Bertz CT molecular complexity index is 460. The number of nitro groups is 1. The van der Waals surface area contributed by atoms with E-state index in [4.69, 9.17) is 0 Å². The Labute approximate surface area is 126 Å². The van der Waals surface area contributed by atoms with E-state index in [1.165, 1.54) is 6.42 Å². The van der Waals surface area contributed by atoms with Crippen LogP contribution < -0.4 is 5.32 Å². The zero-order valence-electron chi connectivity index (χ0n) is 12.9. The van der Waals surface area contributed by atoms with Gasteiger partial charge in [0.05, 0.1) is 4.92 Å². The predicted octanol–water partition coefficient (Wildman–Crippen LogP) is 2.98. The summed E-state index contributed by atoms with van der Waals surface area (Å²) in [5.41, 5.74) is 1.13. The van der Waals surface area contributed by atoms with Crippen molar-refractivity contribution in [2.24, 2.45) is 5.92 Å². The number of rotatable bonds is 6. The maximum Gasteiger partial charge on any atom is 0.274 e. The van der Waals surface area contributed by atoms with Crippen LogP contribution in [0, 0.1) is 16.0 Å². The molecular formula is C16H25N3O2. The highest BCUT2D eigenvalue weighted by Crippen LogP contribution is 2.39. The van der Waals surface area contributed by atoms with Gasteiger partial charge in [-0.05, 0) is 51.9 Å². The largest absolute Gasteiger partial charge is 0.319 e. The minimum atomic E-state index is -0.246. The Hall–Kier alpha value is -1.46. The van der Waals surface area contributed by atoms with E-state index in [1.807, 2.05) is 19.2 Å². The quantitative estimate of drug-likeness (QED) is 0.646. The molecule has 21 heavy (non-hydrogen) atoms. The van der Waals surface area contributed by atoms with Crippen molar-refractivity contribution in [1.82, 2.24) is 10.2 Å². The molecule has 5 heteroatoms. The van der Waals surface area contributed by atoms with E-state index < -0.39 is 0 Å². The van der Waals surface area contributed by atoms with Crippen LogP contribution in [-0.2, 0) is 0 Å². The smallest absolute Gasteiger partial charge is 0.274 e. The van der Waals surface area contributed by atoms with Crippen molar-refractivity contribution in [3.8, 4) is 0 Å². The summed E-state index contributed by atoms with van der Waals surface area (Å²) in [6, 6.07) is 7.37. The molecule has 116 valence electrons. The molecule has 1 saturated heterocycles. The summed E-state index contributed by atoms with van der Waals surface area (Å²) in [6.07, 6.45) is 3.37. The summed E-state index contributed by atoms with van der Waals surface area (Å²) < 4.78 is 0. The summed E-state index contributed by atoms with van der Waals surface area (Å²) >= 11 is 0. The molecule has 2 unspecified atom stereocenters. The molecule has 1 aliphatic rings. The van der Waals surface area contributed by atoms with Crippen molar-refractivity contribution in [2.45, 2.75) is 32.2 Å². The highest BCUT2D eigenvalue weighted by atomic mass is 16.6. The Kier molecular flexibility index (Phi) is 5.70. The molecule has 1 aromatic rings. The van der Waals surface area contributed by atoms with Crippen LogP contribution in [0.15, 0.2) is 24.3 Å². The van der Waals surface area contributed by atoms with E-state index >= 15 is 0 Å². The Morgan fingerprint density at radius 1 is 1.43 bits per heavy atom. The normalized spacial score (nSPS) is 23.1.